The number of hydrogen-bond acceptors (Lipinski definition) is 1. The van der Waals surface area contributed by atoms with Crippen LogP contribution in [0.3, 0.4) is 0 Å². The van der Waals surface area contributed by atoms with Gasteiger partial charge in [-0.1, -0.05) is 92.0 Å². The minimum atomic E-state index is 0.979. The molecule has 0 spiro atoms. The standard InChI is InChI=1S/C37H25N3/c1-3-11-33-24(2)32-19-26-20-36-31-16-8-7-14-29(31)30-15-9-10-17-34(30)40(36)35(26)21-37(32)39(33)28-18-27(22-38-23-28)25-12-5-4-6-13-25/h3-23H,1-2H2/b33-11+. The van der Waals surface area contributed by atoms with Gasteiger partial charge in [-0.3, -0.25) is 4.98 Å². The monoisotopic (exact) mass is 511 g/mol. The molecule has 0 unspecified atom stereocenters. The minimum absolute atomic E-state index is 0.979. The first-order chi connectivity index (χ1) is 19.7. The van der Waals surface area contributed by atoms with Crippen molar-refractivity contribution >= 4 is 61.7 Å². The first-order valence-corrected chi connectivity index (χ1v) is 13.4. The number of pyridine rings is 2. The van der Waals surface area contributed by atoms with Gasteiger partial charge >= 0.3 is 0 Å². The van der Waals surface area contributed by atoms with E-state index >= 15 is 0 Å². The van der Waals surface area contributed by atoms with Crippen molar-refractivity contribution in [3.05, 3.63) is 139 Å². The van der Waals surface area contributed by atoms with Gasteiger partial charge in [-0.05, 0) is 47.4 Å². The van der Waals surface area contributed by atoms with Gasteiger partial charge in [0.15, 0.2) is 0 Å². The van der Waals surface area contributed by atoms with Crippen LogP contribution in [-0.2, 0) is 0 Å². The van der Waals surface area contributed by atoms with Crippen molar-refractivity contribution in [1.29, 1.82) is 0 Å². The van der Waals surface area contributed by atoms with Gasteiger partial charge in [0.2, 0.25) is 0 Å². The second kappa shape index (κ2) is 8.55. The normalized spacial score (nSPS) is 12.3. The summed E-state index contributed by atoms with van der Waals surface area (Å²) in [5.41, 5.74) is 7.86. The molecule has 0 fully saturated rings. The molecule has 0 aliphatic carbocycles. The topological polar surface area (TPSA) is 22.2 Å². The van der Waals surface area contributed by atoms with Crippen LogP contribution in [0.4, 0.5) is 0 Å². The maximum atomic E-state index is 4.65. The van der Waals surface area contributed by atoms with E-state index in [1.807, 2.05) is 30.6 Å². The fourth-order valence-electron chi connectivity index (χ4n) is 6.27. The van der Waals surface area contributed by atoms with Gasteiger partial charge < -0.3 is 8.97 Å². The highest BCUT2D eigenvalue weighted by Crippen LogP contribution is 2.35. The molecule has 0 saturated carbocycles. The zero-order chi connectivity index (χ0) is 26.8. The smallest absolute Gasteiger partial charge is 0.0651 e. The van der Waals surface area contributed by atoms with Gasteiger partial charge in [0.1, 0.15) is 0 Å². The molecule has 0 atom stereocenters. The van der Waals surface area contributed by atoms with E-state index in [1.165, 1.54) is 38.1 Å². The Morgan fingerprint density at radius 3 is 2.12 bits per heavy atom. The van der Waals surface area contributed by atoms with Gasteiger partial charge in [0.25, 0.3) is 0 Å². The van der Waals surface area contributed by atoms with E-state index in [2.05, 4.69) is 124 Å². The van der Waals surface area contributed by atoms with Crippen molar-refractivity contribution in [2.75, 3.05) is 0 Å². The van der Waals surface area contributed by atoms with Crippen LogP contribution in [0.5, 0.6) is 0 Å². The molecule has 188 valence electrons. The molecule has 4 aromatic heterocycles. The van der Waals surface area contributed by atoms with E-state index in [-0.39, 0.29) is 0 Å². The number of rotatable bonds is 3. The Kier molecular flexibility index (Phi) is 4.82. The summed E-state index contributed by atoms with van der Waals surface area (Å²) in [6, 6.07) is 36.8. The minimum Gasteiger partial charge on any atom is -0.309 e. The molecule has 0 saturated heterocycles. The number of para-hydroxylation sites is 1. The Labute approximate surface area is 230 Å². The van der Waals surface area contributed by atoms with Crippen molar-refractivity contribution < 1.29 is 0 Å². The van der Waals surface area contributed by atoms with E-state index in [0.717, 1.165) is 38.3 Å². The van der Waals surface area contributed by atoms with Crippen LogP contribution in [0.2, 0.25) is 0 Å². The molecule has 3 heteroatoms. The van der Waals surface area contributed by atoms with E-state index in [4.69, 9.17) is 0 Å². The van der Waals surface area contributed by atoms with Crippen LogP contribution in [0, 0.1) is 0 Å². The average molecular weight is 512 g/mol. The quantitative estimate of drug-likeness (QED) is 0.222. The summed E-state index contributed by atoms with van der Waals surface area (Å²) in [7, 11) is 0. The van der Waals surface area contributed by atoms with Crippen LogP contribution in [0.1, 0.15) is 0 Å². The molecule has 0 amide bonds. The molecule has 0 aliphatic rings. The van der Waals surface area contributed by atoms with Gasteiger partial charge in [0, 0.05) is 38.5 Å². The summed E-state index contributed by atoms with van der Waals surface area (Å²) >= 11 is 0. The molecule has 3 nitrogen and oxygen atoms in total. The number of fused-ring (bicyclic) bond motifs is 9. The van der Waals surface area contributed by atoms with Crippen molar-refractivity contribution in [1.82, 2.24) is 14.0 Å². The molecule has 8 aromatic rings. The summed E-state index contributed by atoms with van der Waals surface area (Å²) in [6.45, 7) is 8.53. The maximum absolute atomic E-state index is 4.65. The predicted octanol–water partition coefficient (Wildman–Crippen LogP) is 7.78. The first-order valence-electron chi connectivity index (χ1n) is 13.4. The van der Waals surface area contributed by atoms with E-state index in [1.54, 1.807) is 0 Å². The lowest BCUT2D eigenvalue weighted by Gasteiger charge is -2.11. The summed E-state index contributed by atoms with van der Waals surface area (Å²) in [5.74, 6) is 0. The Bertz CT molecular complexity index is 2410. The van der Waals surface area contributed by atoms with Gasteiger partial charge in [-0.2, -0.15) is 0 Å². The largest absolute Gasteiger partial charge is 0.309 e. The molecular weight excluding hydrogens is 486 g/mol. The van der Waals surface area contributed by atoms with Gasteiger partial charge in [0.05, 0.1) is 39.3 Å². The molecule has 0 N–H and O–H groups in total. The van der Waals surface area contributed by atoms with Crippen molar-refractivity contribution in [2.45, 2.75) is 0 Å². The van der Waals surface area contributed by atoms with E-state index < -0.39 is 0 Å². The van der Waals surface area contributed by atoms with Crippen molar-refractivity contribution in [3.8, 4) is 16.8 Å². The van der Waals surface area contributed by atoms with Crippen LogP contribution >= 0.6 is 0 Å². The van der Waals surface area contributed by atoms with Gasteiger partial charge in [-0.25, -0.2) is 0 Å². The van der Waals surface area contributed by atoms with Crippen LogP contribution < -0.4 is 10.6 Å². The van der Waals surface area contributed by atoms with E-state index in [0.29, 0.717) is 0 Å². The predicted molar refractivity (Wildman–Crippen MR) is 169 cm³/mol. The third kappa shape index (κ3) is 3.15. The molecule has 8 rings (SSSR count). The third-order valence-corrected chi connectivity index (χ3v) is 8.04. The summed E-state index contributed by atoms with van der Waals surface area (Å²) in [5, 5.41) is 8.07. The number of allylic oxidation sites excluding steroid dienone is 1. The zero-order valence-corrected chi connectivity index (χ0v) is 21.9. The molecule has 40 heavy (non-hydrogen) atoms. The van der Waals surface area contributed by atoms with Crippen LogP contribution in [-0.4, -0.2) is 14.0 Å². The second-order valence-electron chi connectivity index (χ2n) is 10.3. The first kappa shape index (κ1) is 22.6. The summed E-state index contributed by atoms with van der Waals surface area (Å²) in [4.78, 5) is 4.65. The highest BCUT2D eigenvalue weighted by atomic mass is 15.0. The molecule has 4 heterocycles. The lowest BCUT2D eigenvalue weighted by atomic mass is 10.1. The van der Waals surface area contributed by atoms with Crippen molar-refractivity contribution in [2.24, 2.45) is 0 Å². The second-order valence-corrected chi connectivity index (χ2v) is 10.3. The average Bonchev–Trinajstić information content (AvgIpc) is 3.52. The number of aromatic nitrogens is 3. The Balaban J connectivity index is 1.52. The molecule has 0 aliphatic heterocycles. The molecule has 0 bridgehead atoms. The van der Waals surface area contributed by atoms with Crippen molar-refractivity contribution in [3.63, 3.8) is 0 Å². The molecule has 4 aromatic carbocycles. The highest BCUT2D eigenvalue weighted by molar-refractivity contribution is 6.16. The third-order valence-electron chi connectivity index (χ3n) is 8.04. The SMILES string of the molecule is C=C/C=c1\c(=C)c2cc3cc4c5ccccc5c5ccccc5n4c3cc2n1-c1cncc(-c2ccccc2)c1. The zero-order valence-electron chi connectivity index (χ0n) is 21.9. The fourth-order valence-corrected chi connectivity index (χ4v) is 6.27. The van der Waals surface area contributed by atoms with Gasteiger partial charge in [-0.15, -0.1) is 0 Å². The number of nitrogens with zero attached hydrogens (tertiary/aromatic N) is 3. The summed E-state index contributed by atoms with van der Waals surface area (Å²) in [6.07, 6.45) is 7.71. The Morgan fingerprint density at radius 2 is 1.32 bits per heavy atom. The number of hydrogen-bond donors (Lipinski definition) is 0. The van der Waals surface area contributed by atoms with Crippen LogP contribution in [0.15, 0.2) is 128 Å². The van der Waals surface area contributed by atoms with Crippen LogP contribution in [0.25, 0.3) is 78.5 Å². The number of benzene rings is 4. The highest BCUT2D eigenvalue weighted by Gasteiger charge is 2.16. The van der Waals surface area contributed by atoms with E-state index in [9.17, 15) is 0 Å². The summed E-state index contributed by atoms with van der Waals surface area (Å²) < 4.78 is 4.67. The lowest BCUT2D eigenvalue weighted by Crippen LogP contribution is -2.27. The molecule has 0 radical (unpaired) electrons. The molecular formula is C37H25N3. The Morgan fingerprint density at radius 1 is 0.600 bits per heavy atom. The fraction of sp³-hybridized carbons (Fsp3) is 0. The maximum Gasteiger partial charge on any atom is 0.0651 e. The lowest BCUT2D eigenvalue weighted by molar-refractivity contribution is 1.05. The Hall–Kier alpha value is -5.41.